The molecule has 0 bridgehead atoms. The molecule has 1 aliphatic rings. The summed E-state index contributed by atoms with van der Waals surface area (Å²) in [6.45, 7) is 9.11. The van der Waals surface area contributed by atoms with Gasteiger partial charge in [0.25, 0.3) is 5.91 Å². The highest BCUT2D eigenvalue weighted by atomic mass is 16.5. The minimum Gasteiger partial charge on any atom is -0.369 e. The highest BCUT2D eigenvalue weighted by Gasteiger charge is 2.33. The highest BCUT2D eigenvalue weighted by Crippen LogP contribution is 2.14. The number of hydrogen-bond donors (Lipinski definition) is 1. The number of unbranched alkanes of at least 4 members (excludes halogenated alkanes) is 2. The van der Waals surface area contributed by atoms with Crippen molar-refractivity contribution in [1.29, 1.82) is 0 Å². The number of nitrogens with zero attached hydrogens (tertiary/aromatic N) is 2. The zero-order chi connectivity index (χ0) is 14.3. The Kier molecular flexibility index (Phi) is 6.75. The predicted molar refractivity (Wildman–Crippen MR) is 77.0 cm³/mol. The predicted octanol–water partition coefficient (Wildman–Crippen LogP) is 0.685. The largest absolute Gasteiger partial charge is 0.369 e. The molecule has 0 radical (unpaired) electrons. The van der Waals surface area contributed by atoms with Crippen LogP contribution in [-0.2, 0) is 9.53 Å². The fraction of sp³-hybridized carbons (Fsp3) is 0.929. The molecule has 112 valence electrons. The van der Waals surface area contributed by atoms with Crippen LogP contribution in [0.25, 0.3) is 0 Å². The molecular weight excluding hydrogens is 242 g/mol. The van der Waals surface area contributed by atoms with Crippen molar-refractivity contribution >= 4 is 5.91 Å². The number of hydrogen-bond acceptors (Lipinski definition) is 4. The molecule has 0 spiro atoms. The number of carbonyl (C=O) groups excluding carboxylic acids is 1. The Hall–Kier alpha value is -0.650. The van der Waals surface area contributed by atoms with Crippen LogP contribution in [0, 0.1) is 0 Å². The monoisotopic (exact) mass is 271 g/mol. The van der Waals surface area contributed by atoms with Gasteiger partial charge in [0.15, 0.2) is 0 Å². The molecule has 0 saturated carbocycles. The number of piperazine rings is 1. The van der Waals surface area contributed by atoms with E-state index in [-0.39, 0.29) is 5.91 Å². The molecule has 1 saturated heterocycles. The van der Waals surface area contributed by atoms with Gasteiger partial charge in [-0.2, -0.15) is 0 Å². The van der Waals surface area contributed by atoms with Gasteiger partial charge in [-0.25, -0.2) is 0 Å². The molecule has 5 heteroatoms. The number of rotatable bonds is 7. The third-order valence-electron chi connectivity index (χ3n) is 3.86. The standard InChI is InChI=1S/C14H29N3O2/c1-14(2,19-3)13(18)17-11-9-16(10-12-17)8-6-4-5-7-15/h4-12,15H2,1-3H3. The van der Waals surface area contributed by atoms with Crippen LogP contribution < -0.4 is 5.73 Å². The van der Waals surface area contributed by atoms with Crippen LogP contribution in [-0.4, -0.2) is 67.7 Å². The summed E-state index contributed by atoms with van der Waals surface area (Å²) in [7, 11) is 1.59. The van der Waals surface area contributed by atoms with Crippen LogP contribution >= 0.6 is 0 Å². The molecular formula is C14H29N3O2. The summed E-state index contributed by atoms with van der Waals surface area (Å²) in [5.41, 5.74) is 4.78. The Morgan fingerprint density at radius 1 is 1.16 bits per heavy atom. The first-order valence-electron chi connectivity index (χ1n) is 7.28. The van der Waals surface area contributed by atoms with Gasteiger partial charge in [0.05, 0.1) is 0 Å². The van der Waals surface area contributed by atoms with E-state index >= 15 is 0 Å². The number of ether oxygens (including phenoxy) is 1. The van der Waals surface area contributed by atoms with Gasteiger partial charge in [0.1, 0.15) is 5.60 Å². The first-order chi connectivity index (χ1) is 9.01. The third kappa shape index (κ3) is 5.09. The van der Waals surface area contributed by atoms with E-state index in [1.54, 1.807) is 7.11 Å². The van der Waals surface area contributed by atoms with Crippen LogP contribution in [0.3, 0.4) is 0 Å². The van der Waals surface area contributed by atoms with Crippen molar-refractivity contribution in [3.8, 4) is 0 Å². The quantitative estimate of drug-likeness (QED) is 0.692. The molecule has 1 rings (SSSR count). The van der Waals surface area contributed by atoms with Gasteiger partial charge in [0, 0.05) is 33.3 Å². The second-order valence-electron chi connectivity index (χ2n) is 5.70. The third-order valence-corrected chi connectivity index (χ3v) is 3.86. The fourth-order valence-electron chi connectivity index (χ4n) is 2.30. The first-order valence-corrected chi connectivity index (χ1v) is 7.28. The Morgan fingerprint density at radius 3 is 2.32 bits per heavy atom. The molecule has 1 amide bonds. The van der Waals surface area contributed by atoms with E-state index in [1.165, 1.54) is 12.8 Å². The van der Waals surface area contributed by atoms with Crippen LogP contribution in [0.2, 0.25) is 0 Å². The molecule has 19 heavy (non-hydrogen) atoms. The van der Waals surface area contributed by atoms with Gasteiger partial charge < -0.3 is 15.4 Å². The molecule has 1 fully saturated rings. The zero-order valence-corrected chi connectivity index (χ0v) is 12.7. The van der Waals surface area contributed by atoms with Crippen molar-refractivity contribution in [1.82, 2.24) is 9.80 Å². The summed E-state index contributed by atoms with van der Waals surface area (Å²) >= 11 is 0. The SMILES string of the molecule is COC(C)(C)C(=O)N1CCN(CCCCCN)CC1. The van der Waals surface area contributed by atoms with Gasteiger partial charge in [-0.15, -0.1) is 0 Å². The fourth-order valence-corrected chi connectivity index (χ4v) is 2.30. The number of nitrogens with two attached hydrogens (primary N) is 1. The molecule has 1 heterocycles. The maximum Gasteiger partial charge on any atom is 0.254 e. The van der Waals surface area contributed by atoms with E-state index in [4.69, 9.17) is 10.5 Å². The number of amides is 1. The lowest BCUT2D eigenvalue weighted by Gasteiger charge is -2.38. The molecule has 0 aliphatic carbocycles. The molecule has 1 aliphatic heterocycles. The summed E-state index contributed by atoms with van der Waals surface area (Å²) in [5, 5.41) is 0. The van der Waals surface area contributed by atoms with E-state index in [1.807, 2.05) is 18.7 Å². The van der Waals surface area contributed by atoms with Crippen molar-refractivity contribution in [2.24, 2.45) is 5.73 Å². The van der Waals surface area contributed by atoms with E-state index in [9.17, 15) is 4.79 Å². The molecule has 2 N–H and O–H groups in total. The summed E-state index contributed by atoms with van der Waals surface area (Å²) < 4.78 is 5.25. The van der Waals surface area contributed by atoms with Crippen molar-refractivity contribution in [3.63, 3.8) is 0 Å². The average Bonchev–Trinajstić information content (AvgIpc) is 2.43. The Balaban J connectivity index is 2.27. The summed E-state index contributed by atoms with van der Waals surface area (Å²) in [6, 6.07) is 0. The van der Waals surface area contributed by atoms with Gasteiger partial charge in [0.2, 0.25) is 0 Å². The Morgan fingerprint density at radius 2 is 1.79 bits per heavy atom. The topological polar surface area (TPSA) is 58.8 Å². The lowest BCUT2D eigenvalue weighted by molar-refractivity contribution is -0.152. The van der Waals surface area contributed by atoms with Crippen LogP contribution in [0.5, 0.6) is 0 Å². The van der Waals surface area contributed by atoms with Crippen molar-refractivity contribution in [2.75, 3.05) is 46.4 Å². The normalized spacial score (nSPS) is 17.8. The van der Waals surface area contributed by atoms with Crippen molar-refractivity contribution in [2.45, 2.75) is 38.7 Å². The summed E-state index contributed by atoms with van der Waals surface area (Å²) in [6.07, 6.45) is 3.52. The lowest BCUT2D eigenvalue weighted by Crippen LogP contribution is -2.54. The highest BCUT2D eigenvalue weighted by molar-refractivity contribution is 5.84. The Labute approximate surface area is 117 Å². The van der Waals surface area contributed by atoms with Gasteiger partial charge >= 0.3 is 0 Å². The Bertz CT molecular complexity index is 274. The lowest BCUT2D eigenvalue weighted by atomic mass is 10.1. The number of carbonyl (C=O) groups is 1. The van der Waals surface area contributed by atoms with Crippen molar-refractivity contribution < 1.29 is 9.53 Å². The molecule has 0 unspecified atom stereocenters. The molecule has 0 aromatic rings. The minimum atomic E-state index is -0.705. The first kappa shape index (κ1) is 16.4. The van der Waals surface area contributed by atoms with Gasteiger partial charge in [-0.05, 0) is 39.8 Å². The molecule has 5 nitrogen and oxygen atoms in total. The average molecular weight is 271 g/mol. The smallest absolute Gasteiger partial charge is 0.254 e. The maximum absolute atomic E-state index is 12.2. The van der Waals surface area contributed by atoms with E-state index in [2.05, 4.69) is 4.90 Å². The van der Waals surface area contributed by atoms with Crippen LogP contribution in [0.1, 0.15) is 33.1 Å². The van der Waals surface area contributed by atoms with Gasteiger partial charge in [-0.3, -0.25) is 9.69 Å². The number of methoxy groups -OCH3 is 1. The van der Waals surface area contributed by atoms with E-state index in [0.29, 0.717) is 0 Å². The van der Waals surface area contributed by atoms with Crippen LogP contribution in [0.4, 0.5) is 0 Å². The van der Waals surface area contributed by atoms with Crippen LogP contribution in [0.15, 0.2) is 0 Å². The maximum atomic E-state index is 12.2. The summed E-state index contributed by atoms with van der Waals surface area (Å²) in [4.78, 5) is 16.6. The van der Waals surface area contributed by atoms with E-state index < -0.39 is 5.60 Å². The second kappa shape index (κ2) is 7.82. The second-order valence-corrected chi connectivity index (χ2v) is 5.70. The van der Waals surface area contributed by atoms with Gasteiger partial charge in [-0.1, -0.05) is 6.42 Å². The minimum absolute atomic E-state index is 0.0952. The van der Waals surface area contributed by atoms with E-state index in [0.717, 1.165) is 45.7 Å². The summed E-state index contributed by atoms with van der Waals surface area (Å²) in [5.74, 6) is 0.0952. The molecule has 0 aromatic carbocycles. The molecule has 0 atom stereocenters. The van der Waals surface area contributed by atoms with Crippen molar-refractivity contribution in [3.05, 3.63) is 0 Å². The molecule has 0 aromatic heterocycles. The zero-order valence-electron chi connectivity index (χ0n) is 12.7.